The minimum absolute atomic E-state index is 0.208. The molecular weight excluding hydrogens is 226 g/mol. The topological polar surface area (TPSA) is 33.4 Å². The van der Waals surface area contributed by atoms with Crippen LogP contribution in [-0.2, 0) is 12.8 Å². The van der Waals surface area contributed by atoms with Gasteiger partial charge in [0, 0.05) is 12.5 Å². The standard InChI is InChI=1S/C13H12F2O2/c14-11-3-10(4-12(15)7-11)6-13(16)5-9-1-2-17-8-9/h1-4,7-8,13,16H,5-6H2. The summed E-state index contributed by atoms with van der Waals surface area (Å²) in [6.45, 7) is 0. The van der Waals surface area contributed by atoms with Crippen LogP contribution in [0.25, 0.3) is 0 Å². The summed E-state index contributed by atoms with van der Waals surface area (Å²) in [6, 6.07) is 5.00. The van der Waals surface area contributed by atoms with Crippen molar-refractivity contribution in [2.75, 3.05) is 0 Å². The number of hydrogen-bond acceptors (Lipinski definition) is 2. The van der Waals surface area contributed by atoms with E-state index in [-0.39, 0.29) is 6.42 Å². The zero-order valence-electron chi connectivity index (χ0n) is 9.07. The molecule has 0 radical (unpaired) electrons. The van der Waals surface area contributed by atoms with E-state index in [0.29, 0.717) is 12.0 Å². The second kappa shape index (κ2) is 5.10. The summed E-state index contributed by atoms with van der Waals surface area (Å²) in [5.41, 5.74) is 1.30. The second-order valence-corrected chi connectivity index (χ2v) is 3.97. The number of halogens is 2. The van der Waals surface area contributed by atoms with E-state index in [1.54, 1.807) is 6.07 Å². The molecule has 0 aliphatic heterocycles. The van der Waals surface area contributed by atoms with Crippen molar-refractivity contribution >= 4 is 0 Å². The van der Waals surface area contributed by atoms with E-state index >= 15 is 0 Å². The van der Waals surface area contributed by atoms with Crippen molar-refractivity contribution in [2.45, 2.75) is 18.9 Å². The number of aliphatic hydroxyl groups is 1. The van der Waals surface area contributed by atoms with Crippen LogP contribution in [0.5, 0.6) is 0 Å². The quantitative estimate of drug-likeness (QED) is 0.888. The average molecular weight is 238 g/mol. The molecule has 90 valence electrons. The van der Waals surface area contributed by atoms with Gasteiger partial charge in [0.05, 0.1) is 18.6 Å². The lowest BCUT2D eigenvalue weighted by Crippen LogP contribution is -2.13. The van der Waals surface area contributed by atoms with Crippen molar-refractivity contribution < 1.29 is 18.3 Å². The fraction of sp³-hybridized carbons (Fsp3) is 0.231. The molecule has 1 atom stereocenters. The van der Waals surface area contributed by atoms with E-state index in [4.69, 9.17) is 4.42 Å². The van der Waals surface area contributed by atoms with Gasteiger partial charge in [-0.05, 0) is 35.7 Å². The van der Waals surface area contributed by atoms with E-state index < -0.39 is 17.7 Å². The minimum atomic E-state index is -0.686. The average Bonchev–Trinajstić information content (AvgIpc) is 2.67. The molecule has 2 rings (SSSR count). The number of furan rings is 1. The predicted octanol–water partition coefficient (Wildman–Crippen LogP) is 2.70. The zero-order valence-corrected chi connectivity index (χ0v) is 9.07. The summed E-state index contributed by atoms with van der Waals surface area (Å²) < 4.78 is 30.7. The zero-order chi connectivity index (χ0) is 12.3. The maximum atomic E-state index is 12.9. The predicted molar refractivity (Wildman–Crippen MR) is 58.5 cm³/mol. The van der Waals surface area contributed by atoms with Gasteiger partial charge in [-0.3, -0.25) is 0 Å². The normalized spacial score (nSPS) is 12.6. The molecule has 0 bridgehead atoms. The SMILES string of the molecule is OC(Cc1ccoc1)Cc1cc(F)cc(F)c1. The molecule has 0 aliphatic carbocycles. The molecule has 17 heavy (non-hydrogen) atoms. The van der Waals surface area contributed by atoms with Gasteiger partial charge >= 0.3 is 0 Å². The number of hydrogen-bond donors (Lipinski definition) is 1. The van der Waals surface area contributed by atoms with Gasteiger partial charge in [0.1, 0.15) is 11.6 Å². The first kappa shape index (κ1) is 11.8. The summed E-state index contributed by atoms with van der Waals surface area (Å²) in [7, 11) is 0. The van der Waals surface area contributed by atoms with Crippen molar-refractivity contribution in [3.63, 3.8) is 0 Å². The molecule has 1 N–H and O–H groups in total. The van der Waals surface area contributed by atoms with Crippen molar-refractivity contribution in [1.82, 2.24) is 0 Å². The van der Waals surface area contributed by atoms with Gasteiger partial charge < -0.3 is 9.52 Å². The van der Waals surface area contributed by atoms with Crippen LogP contribution >= 0.6 is 0 Å². The maximum absolute atomic E-state index is 12.9. The smallest absolute Gasteiger partial charge is 0.126 e. The van der Waals surface area contributed by atoms with E-state index in [9.17, 15) is 13.9 Å². The second-order valence-electron chi connectivity index (χ2n) is 3.97. The van der Waals surface area contributed by atoms with Crippen LogP contribution < -0.4 is 0 Å². The molecule has 2 aromatic rings. The van der Waals surface area contributed by atoms with Crippen molar-refractivity contribution in [2.24, 2.45) is 0 Å². The first-order valence-corrected chi connectivity index (χ1v) is 5.27. The van der Waals surface area contributed by atoms with Gasteiger partial charge in [0.25, 0.3) is 0 Å². The molecule has 1 unspecified atom stereocenters. The summed E-state index contributed by atoms with van der Waals surface area (Å²) in [6.07, 6.45) is 2.97. The molecule has 1 heterocycles. The van der Waals surface area contributed by atoms with Gasteiger partial charge in [0.2, 0.25) is 0 Å². The van der Waals surface area contributed by atoms with Gasteiger partial charge in [-0.25, -0.2) is 8.78 Å². The fourth-order valence-corrected chi connectivity index (χ4v) is 1.75. The Bertz CT molecular complexity index is 460. The van der Waals surface area contributed by atoms with E-state index in [1.165, 1.54) is 24.7 Å². The van der Waals surface area contributed by atoms with Crippen LogP contribution in [0.4, 0.5) is 8.78 Å². The highest BCUT2D eigenvalue weighted by molar-refractivity contribution is 5.19. The van der Waals surface area contributed by atoms with E-state index in [2.05, 4.69) is 0 Å². The van der Waals surface area contributed by atoms with Crippen LogP contribution in [0.15, 0.2) is 41.2 Å². The van der Waals surface area contributed by atoms with Crippen LogP contribution in [0, 0.1) is 11.6 Å². The molecule has 0 saturated heterocycles. The lowest BCUT2D eigenvalue weighted by atomic mass is 10.0. The molecule has 0 amide bonds. The third-order valence-corrected chi connectivity index (χ3v) is 2.45. The van der Waals surface area contributed by atoms with Crippen molar-refractivity contribution in [3.8, 4) is 0 Å². The number of rotatable bonds is 4. The molecular formula is C13H12F2O2. The molecule has 0 fully saturated rings. The van der Waals surface area contributed by atoms with Crippen LogP contribution in [0.3, 0.4) is 0 Å². The molecule has 4 heteroatoms. The fourth-order valence-electron chi connectivity index (χ4n) is 1.75. The molecule has 1 aromatic heterocycles. The largest absolute Gasteiger partial charge is 0.472 e. The first-order chi connectivity index (χ1) is 8.13. The van der Waals surface area contributed by atoms with Crippen LogP contribution in [0.1, 0.15) is 11.1 Å². The lowest BCUT2D eigenvalue weighted by Gasteiger charge is -2.09. The Morgan fingerprint density at radius 3 is 2.29 bits per heavy atom. The van der Waals surface area contributed by atoms with E-state index in [0.717, 1.165) is 11.6 Å². The number of benzene rings is 1. The maximum Gasteiger partial charge on any atom is 0.126 e. The van der Waals surface area contributed by atoms with Gasteiger partial charge in [-0.2, -0.15) is 0 Å². The Labute approximate surface area is 97.5 Å². The molecule has 2 nitrogen and oxygen atoms in total. The lowest BCUT2D eigenvalue weighted by molar-refractivity contribution is 0.175. The Balaban J connectivity index is 2.00. The summed E-state index contributed by atoms with van der Waals surface area (Å²) >= 11 is 0. The molecule has 0 saturated carbocycles. The highest BCUT2D eigenvalue weighted by Crippen LogP contribution is 2.12. The van der Waals surface area contributed by atoms with Crippen LogP contribution in [0.2, 0.25) is 0 Å². The Kier molecular flexibility index (Phi) is 3.54. The van der Waals surface area contributed by atoms with Crippen molar-refractivity contribution in [3.05, 3.63) is 59.6 Å². The third kappa shape index (κ3) is 3.39. The first-order valence-electron chi connectivity index (χ1n) is 5.27. The van der Waals surface area contributed by atoms with Gasteiger partial charge in [0.15, 0.2) is 0 Å². The molecule has 1 aromatic carbocycles. The van der Waals surface area contributed by atoms with E-state index in [1.807, 2.05) is 0 Å². The Hall–Kier alpha value is -1.68. The summed E-state index contributed by atoms with van der Waals surface area (Å²) in [4.78, 5) is 0. The van der Waals surface area contributed by atoms with Crippen LogP contribution in [-0.4, -0.2) is 11.2 Å². The summed E-state index contributed by atoms with van der Waals surface area (Å²) in [5, 5.41) is 9.77. The Morgan fingerprint density at radius 1 is 1.06 bits per heavy atom. The Morgan fingerprint density at radius 2 is 1.71 bits per heavy atom. The molecule has 0 spiro atoms. The highest BCUT2D eigenvalue weighted by atomic mass is 19.1. The van der Waals surface area contributed by atoms with Crippen molar-refractivity contribution in [1.29, 1.82) is 0 Å². The monoisotopic (exact) mass is 238 g/mol. The summed E-state index contributed by atoms with van der Waals surface area (Å²) in [5.74, 6) is -1.26. The highest BCUT2D eigenvalue weighted by Gasteiger charge is 2.09. The third-order valence-electron chi connectivity index (χ3n) is 2.45. The van der Waals surface area contributed by atoms with Gasteiger partial charge in [-0.1, -0.05) is 0 Å². The number of aliphatic hydroxyl groups excluding tert-OH is 1. The minimum Gasteiger partial charge on any atom is -0.472 e. The van der Waals surface area contributed by atoms with Gasteiger partial charge in [-0.15, -0.1) is 0 Å². The molecule has 0 aliphatic rings.